The van der Waals surface area contributed by atoms with E-state index < -0.39 is 20.9 Å². The molecule has 172 valence electrons. The third kappa shape index (κ3) is 4.80. The largest absolute Gasteiger partial charge is 0.298 e. The summed E-state index contributed by atoms with van der Waals surface area (Å²) in [5.74, 6) is -0.528. The number of nitrogens with one attached hydrogen (secondary N) is 1. The second kappa shape index (κ2) is 9.41. The van der Waals surface area contributed by atoms with Gasteiger partial charge in [-0.3, -0.25) is 24.5 Å². The van der Waals surface area contributed by atoms with Crippen LogP contribution in [0.4, 0.5) is 16.5 Å². The van der Waals surface area contributed by atoms with Crippen LogP contribution in [0.2, 0.25) is 0 Å². The number of carbonyl (C=O) groups is 1. The van der Waals surface area contributed by atoms with Crippen molar-refractivity contribution in [2.45, 2.75) is 4.90 Å². The van der Waals surface area contributed by atoms with E-state index in [1.165, 1.54) is 43.4 Å². The van der Waals surface area contributed by atoms with E-state index in [1.54, 1.807) is 47.8 Å². The zero-order valence-corrected chi connectivity index (χ0v) is 19.4. The van der Waals surface area contributed by atoms with Crippen molar-refractivity contribution in [3.63, 3.8) is 0 Å². The van der Waals surface area contributed by atoms with Gasteiger partial charge in [-0.15, -0.1) is 11.3 Å². The van der Waals surface area contributed by atoms with E-state index in [9.17, 15) is 23.3 Å². The minimum Gasteiger partial charge on any atom is -0.298 e. The molecular weight excluding hydrogens is 476 g/mol. The van der Waals surface area contributed by atoms with Gasteiger partial charge in [0.2, 0.25) is 0 Å². The van der Waals surface area contributed by atoms with Crippen LogP contribution < -0.4 is 9.62 Å². The Labute approximate surface area is 199 Å². The maximum Gasteiger partial charge on any atom is 0.270 e. The third-order valence-corrected chi connectivity index (χ3v) is 7.49. The highest BCUT2D eigenvalue weighted by molar-refractivity contribution is 7.92. The third-order valence-electron chi connectivity index (χ3n) is 4.95. The average molecular weight is 495 g/mol. The molecule has 0 aliphatic carbocycles. The van der Waals surface area contributed by atoms with Crippen molar-refractivity contribution >= 4 is 43.8 Å². The van der Waals surface area contributed by atoms with E-state index in [4.69, 9.17) is 0 Å². The molecule has 9 nitrogen and oxygen atoms in total. The number of carbonyl (C=O) groups excluding carboxylic acids is 1. The molecule has 4 aromatic rings. The fourth-order valence-electron chi connectivity index (χ4n) is 3.14. The van der Waals surface area contributed by atoms with Crippen LogP contribution in [0.1, 0.15) is 10.4 Å². The van der Waals surface area contributed by atoms with Gasteiger partial charge < -0.3 is 0 Å². The van der Waals surface area contributed by atoms with Gasteiger partial charge in [0, 0.05) is 35.7 Å². The molecule has 1 amide bonds. The Hall–Kier alpha value is -4.09. The number of thiazole rings is 1. The van der Waals surface area contributed by atoms with Crippen LogP contribution in [-0.2, 0) is 10.0 Å². The molecule has 0 spiro atoms. The van der Waals surface area contributed by atoms with Gasteiger partial charge in [-0.05, 0) is 30.3 Å². The quantitative estimate of drug-likeness (QED) is 0.291. The van der Waals surface area contributed by atoms with Gasteiger partial charge >= 0.3 is 0 Å². The highest BCUT2D eigenvalue weighted by atomic mass is 32.2. The lowest BCUT2D eigenvalue weighted by molar-refractivity contribution is -0.384. The van der Waals surface area contributed by atoms with E-state index in [1.807, 2.05) is 0 Å². The molecule has 1 aromatic heterocycles. The number of nitrogens with zero attached hydrogens (tertiary/aromatic N) is 3. The fraction of sp³-hybridized carbons (Fsp3) is 0.0435. The number of para-hydroxylation sites is 1. The van der Waals surface area contributed by atoms with Crippen LogP contribution in [0.25, 0.3) is 11.3 Å². The lowest BCUT2D eigenvalue weighted by Crippen LogP contribution is -2.26. The Morgan fingerprint density at radius 1 is 1.03 bits per heavy atom. The maximum absolute atomic E-state index is 13.0. The van der Waals surface area contributed by atoms with Crippen LogP contribution in [0.15, 0.2) is 89.1 Å². The topological polar surface area (TPSA) is 123 Å². The number of aromatic nitrogens is 1. The summed E-state index contributed by atoms with van der Waals surface area (Å²) >= 11 is 1.15. The summed E-state index contributed by atoms with van der Waals surface area (Å²) in [6.45, 7) is 0. The van der Waals surface area contributed by atoms with Crippen molar-refractivity contribution in [1.82, 2.24) is 4.98 Å². The summed E-state index contributed by atoms with van der Waals surface area (Å²) in [6.07, 6.45) is 0. The van der Waals surface area contributed by atoms with E-state index in [-0.39, 0.29) is 21.3 Å². The molecule has 34 heavy (non-hydrogen) atoms. The molecule has 0 atom stereocenters. The number of amides is 1. The first kappa shape index (κ1) is 23.1. The zero-order valence-electron chi connectivity index (χ0n) is 17.8. The van der Waals surface area contributed by atoms with Crippen molar-refractivity contribution in [3.8, 4) is 11.3 Å². The predicted molar refractivity (Wildman–Crippen MR) is 131 cm³/mol. The van der Waals surface area contributed by atoms with Gasteiger partial charge in [-0.1, -0.05) is 36.4 Å². The van der Waals surface area contributed by atoms with Gasteiger partial charge in [0.25, 0.3) is 21.6 Å². The Morgan fingerprint density at radius 3 is 2.50 bits per heavy atom. The predicted octanol–water partition coefficient (Wildman–Crippen LogP) is 4.80. The number of hydrogen-bond donors (Lipinski definition) is 1. The van der Waals surface area contributed by atoms with Crippen LogP contribution in [-0.4, -0.2) is 31.3 Å². The average Bonchev–Trinajstić information content (AvgIpc) is 3.32. The highest BCUT2D eigenvalue weighted by Gasteiger charge is 2.22. The van der Waals surface area contributed by atoms with Crippen molar-refractivity contribution in [2.75, 3.05) is 16.7 Å². The monoisotopic (exact) mass is 494 g/mol. The van der Waals surface area contributed by atoms with E-state index in [0.29, 0.717) is 16.9 Å². The lowest BCUT2D eigenvalue weighted by atomic mass is 10.1. The summed E-state index contributed by atoms with van der Waals surface area (Å²) in [4.78, 5) is 27.6. The van der Waals surface area contributed by atoms with Gasteiger partial charge in [0.15, 0.2) is 5.13 Å². The number of nitro groups is 1. The van der Waals surface area contributed by atoms with Crippen LogP contribution in [0.3, 0.4) is 0 Å². The number of nitro benzene ring substituents is 1. The van der Waals surface area contributed by atoms with Gasteiger partial charge in [-0.25, -0.2) is 13.4 Å². The SMILES string of the molecule is CN(c1ccccc1)S(=O)(=O)c1cccc(C(=O)Nc2nc(-c3cccc([N+](=O)[O-])c3)cs2)c1. The summed E-state index contributed by atoms with van der Waals surface area (Å²) in [6, 6.07) is 20.4. The van der Waals surface area contributed by atoms with Crippen LogP contribution >= 0.6 is 11.3 Å². The van der Waals surface area contributed by atoms with Gasteiger partial charge in [0.1, 0.15) is 0 Å². The van der Waals surface area contributed by atoms with E-state index >= 15 is 0 Å². The Bertz CT molecular complexity index is 1470. The molecule has 0 radical (unpaired) electrons. The maximum atomic E-state index is 13.0. The highest BCUT2D eigenvalue weighted by Crippen LogP contribution is 2.28. The van der Waals surface area contributed by atoms with Crippen molar-refractivity contribution < 1.29 is 18.1 Å². The first-order valence-corrected chi connectivity index (χ1v) is 12.2. The summed E-state index contributed by atoms with van der Waals surface area (Å²) in [7, 11) is -2.43. The summed E-state index contributed by atoms with van der Waals surface area (Å²) < 4.78 is 27.2. The fourth-order valence-corrected chi connectivity index (χ4v) is 5.10. The van der Waals surface area contributed by atoms with E-state index in [2.05, 4.69) is 10.3 Å². The standard InChI is InChI=1S/C23H18N4O5S2/c1-26(18-9-3-2-4-10-18)34(31,32)20-12-6-8-17(14-20)22(28)25-23-24-21(15-33-23)16-7-5-11-19(13-16)27(29)30/h2-15H,1H3,(H,24,25,28). The summed E-state index contributed by atoms with van der Waals surface area (Å²) in [5.41, 5.74) is 1.60. The van der Waals surface area contributed by atoms with Gasteiger partial charge in [0.05, 0.1) is 21.2 Å². The molecule has 0 aliphatic heterocycles. The van der Waals surface area contributed by atoms with Gasteiger partial charge in [-0.2, -0.15) is 0 Å². The number of non-ortho nitro benzene ring substituents is 1. The van der Waals surface area contributed by atoms with Crippen molar-refractivity contribution in [2.24, 2.45) is 0 Å². The Kier molecular flexibility index (Phi) is 6.39. The lowest BCUT2D eigenvalue weighted by Gasteiger charge is -2.19. The minimum absolute atomic E-state index is 0.0251. The molecule has 1 heterocycles. The van der Waals surface area contributed by atoms with Crippen LogP contribution in [0, 0.1) is 10.1 Å². The second-order valence-electron chi connectivity index (χ2n) is 7.14. The molecule has 11 heteroatoms. The smallest absolute Gasteiger partial charge is 0.270 e. The van der Waals surface area contributed by atoms with E-state index in [0.717, 1.165) is 15.6 Å². The number of rotatable bonds is 7. The van der Waals surface area contributed by atoms with Crippen LogP contribution in [0.5, 0.6) is 0 Å². The second-order valence-corrected chi connectivity index (χ2v) is 9.96. The summed E-state index contributed by atoms with van der Waals surface area (Å²) in [5, 5.41) is 15.6. The molecule has 0 saturated carbocycles. The Morgan fingerprint density at radius 2 is 1.76 bits per heavy atom. The van der Waals surface area contributed by atoms with Crippen molar-refractivity contribution in [3.05, 3.63) is 99.9 Å². The molecule has 0 saturated heterocycles. The number of sulfonamides is 1. The molecule has 0 unspecified atom stereocenters. The molecule has 4 rings (SSSR count). The molecular formula is C23H18N4O5S2. The minimum atomic E-state index is -3.88. The molecule has 3 aromatic carbocycles. The van der Waals surface area contributed by atoms with Crippen molar-refractivity contribution in [1.29, 1.82) is 0 Å². The number of anilines is 2. The number of hydrogen-bond acceptors (Lipinski definition) is 7. The molecule has 0 fully saturated rings. The molecule has 1 N–H and O–H groups in total. The first-order valence-electron chi connectivity index (χ1n) is 9.91. The normalized spacial score (nSPS) is 11.1. The number of benzene rings is 3. The molecule has 0 aliphatic rings. The zero-order chi connectivity index (χ0) is 24.3. The molecule has 0 bridgehead atoms. The first-order chi connectivity index (χ1) is 16.3. The Balaban J connectivity index is 1.54.